The number of hydrogen-bond acceptors (Lipinski definition) is 2. The van der Waals surface area contributed by atoms with Crippen LogP contribution in [0.15, 0.2) is 83.5 Å². The first-order valence-corrected chi connectivity index (χ1v) is 12.2. The van der Waals surface area contributed by atoms with Crippen molar-refractivity contribution in [3.8, 4) is 5.69 Å². The summed E-state index contributed by atoms with van der Waals surface area (Å²) in [5.41, 5.74) is 8.04. The summed E-state index contributed by atoms with van der Waals surface area (Å²) in [6.45, 7) is 6.46. The molecule has 1 aliphatic rings. The number of nitrogens with zero attached hydrogens (tertiary/aromatic N) is 3. The van der Waals surface area contributed by atoms with Gasteiger partial charge in [-0.1, -0.05) is 34.1 Å². The van der Waals surface area contributed by atoms with Crippen molar-refractivity contribution >= 4 is 38.9 Å². The molecule has 0 amide bonds. The number of anilines is 1. The molecule has 0 radical (unpaired) electrons. The molecule has 4 aromatic rings. The van der Waals surface area contributed by atoms with Crippen molar-refractivity contribution < 1.29 is 0 Å². The zero-order valence-corrected chi connectivity index (χ0v) is 21.2. The van der Waals surface area contributed by atoms with Crippen LogP contribution >= 0.6 is 28.1 Å². The second-order valence-corrected chi connectivity index (χ2v) is 9.78. The average molecular weight is 517 g/mol. The third kappa shape index (κ3) is 3.98. The molecule has 2 aromatic carbocycles. The molecule has 1 fully saturated rings. The Morgan fingerprint density at radius 1 is 0.909 bits per heavy atom. The topological polar surface area (TPSA) is 33.1 Å². The molecule has 0 saturated carbocycles. The Kier molecular flexibility index (Phi) is 5.81. The van der Waals surface area contributed by atoms with E-state index < -0.39 is 0 Å². The fraction of sp³-hybridized carbons (Fsp3) is 0.185. The number of aryl methyl sites for hydroxylation is 2. The van der Waals surface area contributed by atoms with E-state index in [0.717, 1.165) is 26.7 Å². The molecule has 1 saturated heterocycles. The first-order chi connectivity index (χ1) is 15.9. The van der Waals surface area contributed by atoms with Gasteiger partial charge in [-0.15, -0.1) is 0 Å². The molecule has 5 rings (SSSR count). The zero-order chi connectivity index (χ0) is 23.1. The minimum atomic E-state index is -0.0573. The minimum absolute atomic E-state index is 0.0235. The number of nitrogens with one attached hydrogen (secondary N) is 1. The molecular formula is C27H25BrN4S. The molecule has 1 N–H and O–H groups in total. The van der Waals surface area contributed by atoms with E-state index >= 15 is 0 Å². The number of aromatic nitrogens is 2. The summed E-state index contributed by atoms with van der Waals surface area (Å²) >= 11 is 9.43. The van der Waals surface area contributed by atoms with Crippen LogP contribution in [0.3, 0.4) is 0 Å². The monoisotopic (exact) mass is 516 g/mol. The van der Waals surface area contributed by atoms with E-state index in [4.69, 9.17) is 12.2 Å². The fourth-order valence-corrected chi connectivity index (χ4v) is 5.41. The van der Waals surface area contributed by atoms with Gasteiger partial charge in [-0.25, -0.2) is 0 Å². The molecule has 0 aliphatic carbocycles. The highest BCUT2D eigenvalue weighted by Gasteiger charge is 2.42. The summed E-state index contributed by atoms with van der Waals surface area (Å²) in [7, 11) is 0. The maximum atomic E-state index is 5.89. The van der Waals surface area contributed by atoms with Crippen molar-refractivity contribution in [1.29, 1.82) is 0 Å². The number of benzene rings is 2. The SMILES string of the molecule is Cc1cccc(N2C(=S)N[C@@H](c3ccccn3)[C@@H]2c2cc(C)n(-c3ccc(Br)cc3)c2C)c1. The molecular weight excluding hydrogens is 492 g/mol. The highest BCUT2D eigenvalue weighted by atomic mass is 79.9. The largest absolute Gasteiger partial charge is 0.351 e. The van der Waals surface area contributed by atoms with Crippen LogP contribution in [0.4, 0.5) is 5.69 Å². The van der Waals surface area contributed by atoms with Gasteiger partial charge in [0.1, 0.15) is 0 Å². The van der Waals surface area contributed by atoms with E-state index in [1.165, 1.54) is 22.5 Å². The number of halogens is 1. The smallest absolute Gasteiger partial charge is 0.174 e. The Hall–Kier alpha value is -2.96. The van der Waals surface area contributed by atoms with Crippen LogP contribution in [0.25, 0.3) is 5.69 Å². The third-order valence-corrected chi connectivity index (χ3v) is 7.09. The van der Waals surface area contributed by atoms with Gasteiger partial charge in [0, 0.05) is 33.4 Å². The predicted octanol–water partition coefficient (Wildman–Crippen LogP) is 6.74. The summed E-state index contributed by atoms with van der Waals surface area (Å²) in [4.78, 5) is 6.93. The standard InChI is InChI=1S/C27H25BrN4S/c1-17-7-6-8-22(15-17)32-26(25(30-27(32)33)24-9-4-5-14-29-24)23-16-18(2)31(19(23)3)21-12-10-20(28)11-13-21/h4-16,25-26H,1-3H3,(H,30,33)/t25-,26-/m0/s1. The molecule has 4 nitrogen and oxygen atoms in total. The molecule has 0 spiro atoms. The first kappa shape index (κ1) is 21.9. The quantitative estimate of drug-likeness (QED) is 0.304. The molecule has 33 heavy (non-hydrogen) atoms. The number of pyridine rings is 1. The van der Waals surface area contributed by atoms with Gasteiger partial charge in [-0.2, -0.15) is 0 Å². The average Bonchev–Trinajstić information content (AvgIpc) is 3.30. The van der Waals surface area contributed by atoms with E-state index in [9.17, 15) is 0 Å². The first-order valence-electron chi connectivity index (χ1n) is 11.0. The molecule has 2 aromatic heterocycles. The Morgan fingerprint density at radius 3 is 2.39 bits per heavy atom. The lowest BCUT2D eigenvalue weighted by molar-refractivity contribution is 0.565. The van der Waals surface area contributed by atoms with Gasteiger partial charge in [-0.05, 0) is 98.7 Å². The van der Waals surface area contributed by atoms with Crippen molar-refractivity contribution in [1.82, 2.24) is 14.9 Å². The van der Waals surface area contributed by atoms with Crippen molar-refractivity contribution in [3.63, 3.8) is 0 Å². The molecule has 1 aliphatic heterocycles. The van der Waals surface area contributed by atoms with E-state index in [1.807, 2.05) is 18.3 Å². The lowest BCUT2D eigenvalue weighted by atomic mass is 9.96. The molecule has 0 unspecified atom stereocenters. The fourth-order valence-electron chi connectivity index (χ4n) is 4.80. The molecule has 3 heterocycles. The second-order valence-electron chi connectivity index (χ2n) is 8.47. The maximum absolute atomic E-state index is 5.89. The summed E-state index contributed by atoms with van der Waals surface area (Å²) in [6, 6.07) is 25.2. The summed E-state index contributed by atoms with van der Waals surface area (Å²) in [5, 5.41) is 4.29. The van der Waals surface area contributed by atoms with E-state index in [2.05, 4.69) is 117 Å². The molecule has 2 atom stereocenters. The highest BCUT2D eigenvalue weighted by Crippen LogP contribution is 2.43. The molecule has 166 valence electrons. The van der Waals surface area contributed by atoms with Crippen molar-refractivity contribution in [2.24, 2.45) is 0 Å². The Bertz CT molecular complexity index is 1310. The third-order valence-electron chi connectivity index (χ3n) is 6.25. The number of hydrogen-bond donors (Lipinski definition) is 1. The van der Waals surface area contributed by atoms with Gasteiger partial charge in [-0.3, -0.25) is 4.98 Å². The van der Waals surface area contributed by atoms with Gasteiger partial charge >= 0.3 is 0 Å². The van der Waals surface area contributed by atoms with E-state index in [1.54, 1.807) is 0 Å². The van der Waals surface area contributed by atoms with Crippen LogP contribution in [0.2, 0.25) is 0 Å². The minimum Gasteiger partial charge on any atom is -0.351 e. The van der Waals surface area contributed by atoms with Gasteiger partial charge in [0.05, 0.1) is 17.8 Å². The zero-order valence-electron chi connectivity index (χ0n) is 18.8. The van der Waals surface area contributed by atoms with Crippen LogP contribution in [0.5, 0.6) is 0 Å². The van der Waals surface area contributed by atoms with Crippen molar-refractivity contribution in [2.45, 2.75) is 32.9 Å². The van der Waals surface area contributed by atoms with Crippen LogP contribution in [0, 0.1) is 20.8 Å². The lowest BCUT2D eigenvalue weighted by Gasteiger charge is -2.28. The summed E-state index contributed by atoms with van der Waals surface area (Å²) in [5.74, 6) is 0. The second kappa shape index (κ2) is 8.76. The van der Waals surface area contributed by atoms with Gasteiger partial charge in [0.2, 0.25) is 0 Å². The van der Waals surface area contributed by atoms with Crippen LogP contribution < -0.4 is 10.2 Å². The maximum Gasteiger partial charge on any atom is 0.174 e. The van der Waals surface area contributed by atoms with Crippen molar-refractivity contribution in [2.75, 3.05) is 4.90 Å². The van der Waals surface area contributed by atoms with Gasteiger partial charge < -0.3 is 14.8 Å². The highest BCUT2D eigenvalue weighted by molar-refractivity contribution is 9.10. The Labute approximate surface area is 208 Å². The van der Waals surface area contributed by atoms with Crippen LogP contribution in [-0.4, -0.2) is 14.7 Å². The summed E-state index contributed by atoms with van der Waals surface area (Å²) in [6.07, 6.45) is 1.84. The molecule has 0 bridgehead atoms. The van der Waals surface area contributed by atoms with Crippen LogP contribution in [0.1, 0.15) is 40.3 Å². The Morgan fingerprint density at radius 2 is 1.70 bits per heavy atom. The van der Waals surface area contributed by atoms with Crippen molar-refractivity contribution in [3.05, 3.63) is 112 Å². The normalized spacial score (nSPS) is 17.9. The number of thiocarbonyl (C=S) groups is 1. The predicted molar refractivity (Wildman–Crippen MR) is 142 cm³/mol. The molecule has 6 heteroatoms. The number of rotatable bonds is 4. The lowest BCUT2D eigenvalue weighted by Crippen LogP contribution is -2.29. The van der Waals surface area contributed by atoms with Gasteiger partial charge in [0.25, 0.3) is 0 Å². The van der Waals surface area contributed by atoms with Crippen LogP contribution in [-0.2, 0) is 0 Å². The summed E-state index contributed by atoms with van der Waals surface area (Å²) < 4.78 is 3.38. The van der Waals surface area contributed by atoms with E-state index in [-0.39, 0.29) is 12.1 Å². The Balaban J connectivity index is 1.68. The van der Waals surface area contributed by atoms with Gasteiger partial charge in [0.15, 0.2) is 5.11 Å². The van der Waals surface area contributed by atoms with E-state index in [0.29, 0.717) is 0 Å².